The highest BCUT2D eigenvalue weighted by Gasteiger charge is 2.23. The van der Waals surface area contributed by atoms with Crippen molar-refractivity contribution < 1.29 is 13.2 Å². The Bertz CT molecular complexity index is 1050. The second-order valence-electron chi connectivity index (χ2n) is 7.20. The molecule has 1 saturated heterocycles. The van der Waals surface area contributed by atoms with Gasteiger partial charge in [-0.05, 0) is 46.9 Å². The lowest BCUT2D eigenvalue weighted by Crippen LogP contribution is -2.17. The number of amides is 1. The molecule has 27 heavy (non-hydrogen) atoms. The summed E-state index contributed by atoms with van der Waals surface area (Å²) in [6.45, 7) is 6.24. The Morgan fingerprint density at radius 2 is 1.70 bits per heavy atom. The lowest BCUT2D eigenvalue weighted by atomic mass is 9.87. The van der Waals surface area contributed by atoms with Crippen molar-refractivity contribution in [3.63, 3.8) is 0 Å². The predicted octanol–water partition coefficient (Wildman–Crippen LogP) is 4.31. The van der Waals surface area contributed by atoms with Crippen molar-refractivity contribution in [2.24, 2.45) is 0 Å². The number of hydrogen-bond donors (Lipinski definition) is 1. The quantitative estimate of drug-likeness (QED) is 0.596. The summed E-state index contributed by atoms with van der Waals surface area (Å²) in [6, 6.07) is 13.5. The highest BCUT2D eigenvalue weighted by atomic mass is 32.2. The number of benzene rings is 2. The van der Waals surface area contributed by atoms with Gasteiger partial charge in [0.05, 0.1) is 14.7 Å². The summed E-state index contributed by atoms with van der Waals surface area (Å²) in [7, 11) is -3.64. The van der Waals surface area contributed by atoms with Crippen LogP contribution in [-0.4, -0.2) is 18.6 Å². The Morgan fingerprint density at radius 1 is 1.04 bits per heavy atom. The minimum absolute atomic E-state index is 0.0471. The lowest BCUT2D eigenvalue weighted by molar-refractivity contribution is -0.115. The first kappa shape index (κ1) is 19.8. The first-order chi connectivity index (χ1) is 12.6. The lowest BCUT2D eigenvalue weighted by Gasteiger charge is -2.19. The van der Waals surface area contributed by atoms with Crippen molar-refractivity contribution >= 4 is 50.1 Å². The second-order valence-corrected chi connectivity index (χ2v) is 10.9. The topological polar surface area (TPSA) is 63.2 Å². The van der Waals surface area contributed by atoms with Crippen molar-refractivity contribution in [1.29, 1.82) is 0 Å². The van der Waals surface area contributed by atoms with Gasteiger partial charge in [-0.25, -0.2) is 8.42 Å². The molecule has 1 aliphatic rings. The fourth-order valence-electron chi connectivity index (χ4n) is 2.61. The van der Waals surface area contributed by atoms with Crippen LogP contribution in [0.3, 0.4) is 0 Å². The Balaban J connectivity index is 1.95. The normalized spacial score (nSPS) is 16.6. The highest BCUT2D eigenvalue weighted by molar-refractivity contribution is 8.26. The maximum atomic E-state index is 13.0. The van der Waals surface area contributed by atoms with Crippen molar-refractivity contribution in [3.8, 4) is 0 Å². The largest absolute Gasteiger partial charge is 0.307 e. The van der Waals surface area contributed by atoms with Gasteiger partial charge in [-0.1, -0.05) is 69.0 Å². The Morgan fingerprint density at radius 3 is 2.26 bits per heavy atom. The molecule has 2 aromatic carbocycles. The monoisotopic (exact) mass is 417 g/mol. The Kier molecular flexibility index (Phi) is 5.29. The van der Waals surface area contributed by atoms with Gasteiger partial charge in [-0.2, -0.15) is 0 Å². The zero-order valence-electron chi connectivity index (χ0n) is 15.1. The third-order valence-corrected chi connectivity index (χ3v) is 7.07. The van der Waals surface area contributed by atoms with Crippen molar-refractivity contribution in [2.45, 2.75) is 36.0 Å². The van der Waals surface area contributed by atoms with Crippen molar-refractivity contribution in [3.05, 3.63) is 64.6 Å². The molecule has 140 valence electrons. The molecule has 1 fully saturated rings. The minimum Gasteiger partial charge on any atom is -0.307 e. The van der Waals surface area contributed by atoms with Crippen LogP contribution in [0.4, 0.5) is 0 Å². The third kappa shape index (κ3) is 4.31. The summed E-state index contributed by atoms with van der Waals surface area (Å²) >= 11 is 6.13. The van der Waals surface area contributed by atoms with Crippen LogP contribution >= 0.6 is 24.0 Å². The molecule has 7 heteroatoms. The number of hydrogen-bond acceptors (Lipinski definition) is 5. The number of rotatable bonds is 3. The van der Waals surface area contributed by atoms with E-state index in [4.69, 9.17) is 12.2 Å². The molecule has 0 spiro atoms. The van der Waals surface area contributed by atoms with Crippen LogP contribution < -0.4 is 5.32 Å². The molecular weight excluding hydrogens is 398 g/mol. The summed E-state index contributed by atoms with van der Waals surface area (Å²) < 4.78 is 26.3. The van der Waals surface area contributed by atoms with E-state index in [0.717, 1.165) is 17.3 Å². The number of thioether (sulfide) groups is 1. The second kappa shape index (κ2) is 7.22. The molecular formula is C20H19NO3S3. The van der Waals surface area contributed by atoms with Gasteiger partial charge in [0.1, 0.15) is 4.32 Å². The molecule has 3 rings (SSSR count). The molecule has 0 saturated carbocycles. The summed E-state index contributed by atoms with van der Waals surface area (Å²) in [4.78, 5) is 12.7. The summed E-state index contributed by atoms with van der Waals surface area (Å²) in [6.07, 6.45) is 1.64. The maximum Gasteiger partial charge on any atom is 0.263 e. The van der Waals surface area contributed by atoms with E-state index in [0.29, 0.717) is 14.8 Å². The van der Waals surface area contributed by atoms with E-state index in [1.165, 1.54) is 0 Å². The molecule has 0 atom stereocenters. The zero-order chi connectivity index (χ0) is 19.8. The fourth-order valence-corrected chi connectivity index (χ4v) is 4.97. The highest BCUT2D eigenvalue weighted by Crippen LogP contribution is 2.29. The average molecular weight is 418 g/mol. The first-order valence-corrected chi connectivity index (χ1v) is 11.0. The molecule has 0 aliphatic carbocycles. The van der Waals surface area contributed by atoms with Gasteiger partial charge in [0.2, 0.25) is 9.84 Å². The van der Waals surface area contributed by atoms with Crippen molar-refractivity contribution in [2.75, 3.05) is 0 Å². The van der Waals surface area contributed by atoms with Crippen LogP contribution in [0.25, 0.3) is 6.08 Å². The first-order valence-electron chi connectivity index (χ1n) is 8.28. The van der Waals surface area contributed by atoms with E-state index >= 15 is 0 Å². The van der Waals surface area contributed by atoms with E-state index in [9.17, 15) is 13.2 Å². The van der Waals surface area contributed by atoms with Gasteiger partial charge in [0.15, 0.2) is 0 Å². The van der Waals surface area contributed by atoms with Gasteiger partial charge in [0, 0.05) is 0 Å². The SMILES string of the molecule is CC(C)(C)c1ccc(S(=O)(=O)c2cccc(/C=C3\SC(=S)NC3=O)c2)cc1. The number of carbonyl (C=O) groups excluding carboxylic acids is 1. The van der Waals surface area contributed by atoms with Crippen LogP contribution in [0.2, 0.25) is 0 Å². The van der Waals surface area contributed by atoms with Gasteiger partial charge in [0.25, 0.3) is 5.91 Å². The van der Waals surface area contributed by atoms with Crippen LogP contribution in [0.5, 0.6) is 0 Å². The molecule has 4 nitrogen and oxygen atoms in total. The van der Waals surface area contributed by atoms with Gasteiger partial charge in [-0.15, -0.1) is 0 Å². The molecule has 1 amide bonds. The molecule has 1 N–H and O–H groups in total. The van der Waals surface area contributed by atoms with E-state index in [1.807, 2.05) is 12.1 Å². The van der Waals surface area contributed by atoms with E-state index in [2.05, 4.69) is 26.1 Å². The van der Waals surface area contributed by atoms with Crippen LogP contribution in [0.15, 0.2) is 63.2 Å². The maximum absolute atomic E-state index is 13.0. The fraction of sp³-hybridized carbons (Fsp3) is 0.200. The van der Waals surface area contributed by atoms with Crippen LogP contribution in [-0.2, 0) is 20.0 Å². The Labute approximate surface area is 169 Å². The van der Waals surface area contributed by atoms with Gasteiger partial charge >= 0.3 is 0 Å². The van der Waals surface area contributed by atoms with Gasteiger partial charge < -0.3 is 5.32 Å². The Hall–Kier alpha value is -1.96. The molecule has 2 aromatic rings. The standard InChI is InChI=1S/C20H19NO3S3/c1-20(2,3)14-7-9-15(10-8-14)27(23,24)16-6-4-5-13(11-16)12-17-18(22)21-19(25)26-17/h4-12H,1-3H3,(H,21,22,25)/b17-12-. The van der Waals surface area contributed by atoms with Gasteiger partial charge in [-0.3, -0.25) is 4.79 Å². The zero-order valence-corrected chi connectivity index (χ0v) is 17.6. The average Bonchev–Trinajstić information content (AvgIpc) is 2.91. The third-order valence-electron chi connectivity index (χ3n) is 4.14. The van der Waals surface area contributed by atoms with Crippen molar-refractivity contribution in [1.82, 2.24) is 5.32 Å². The number of sulfone groups is 1. The van der Waals surface area contributed by atoms with E-state index < -0.39 is 9.84 Å². The molecule has 1 heterocycles. The number of thiocarbonyl (C=S) groups is 1. The summed E-state index contributed by atoms with van der Waals surface area (Å²) in [5.41, 5.74) is 1.65. The molecule has 0 bridgehead atoms. The molecule has 0 unspecified atom stereocenters. The smallest absolute Gasteiger partial charge is 0.263 e. The number of carbonyl (C=O) groups is 1. The predicted molar refractivity (Wildman–Crippen MR) is 113 cm³/mol. The van der Waals surface area contributed by atoms with E-state index in [1.54, 1.807) is 42.5 Å². The summed E-state index contributed by atoms with van der Waals surface area (Å²) in [5, 5.41) is 2.54. The number of nitrogens with one attached hydrogen (secondary N) is 1. The van der Waals surface area contributed by atoms with Crippen LogP contribution in [0.1, 0.15) is 31.9 Å². The minimum atomic E-state index is -3.64. The van der Waals surface area contributed by atoms with Crippen LogP contribution in [0, 0.1) is 0 Å². The van der Waals surface area contributed by atoms with E-state index in [-0.39, 0.29) is 21.1 Å². The summed E-state index contributed by atoms with van der Waals surface area (Å²) in [5.74, 6) is -0.268. The molecule has 1 aliphatic heterocycles. The molecule has 0 radical (unpaired) electrons. The molecule has 0 aromatic heterocycles.